The maximum absolute atomic E-state index is 13.0. The van der Waals surface area contributed by atoms with Gasteiger partial charge in [-0.25, -0.2) is 4.79 Å². The monoisotopic (exact) mass is 487 g/mol. The predicted molar refractivity (Wildman–Crippen MR) is 127 cm³/mol. The Hall–Kier alpha value is -2.54. The third-order valence-corrected chi connectivity index (χ3v) is 6.27. The molecule has 0 spiro atoms. The molecule has 1 heterocycles. The van der Waals surface area contributed by atoms with Crippen LogP contribution in [0.5, 0.6) is 0 Å². The molecule has 1 aliphatic heterocycles. The lowest BCUT2D eigenvalue weighted by Gasteiger charge is -2.53. The van der Waals surface area contributed by atoms with Crippen molar-refractivity contribution >= 4 is 33.6 Å². The molecule has 6 nitrogen and oxygen atoms in total. The zero-order valence-corrected chi connectivity index (χ0v) is 20.2. The van der Waals surface area contributed by atoms with E-state index in [1.165, 1.54) is 4.90 Å². The van der Waals surface area contributed by atoms with Crippen LogP contribution in [0.1, 0.15) is 55.2 Å². The first-order chi connectivity index (χ1) is 14.5. The van der Waals surface area contributed by atoms with Crippen LogP contribution in [0.4, 0.5) is 10.5 Å². The van der Waals surface area contributed by atoms with E-state index in [1.54, 1.807) is 0 Å². The van der Waals surface area contributed by atoms with E-state index in [-0.39, 0.29) is 29.4 Å². The minimum Gasteiger partial charge on any atom is -0.465 e. The molecule has 31 heavy (non-hydrogen) atoms. The molecule has 1 fully saturated rings. The van der Waals surface area contributed by atoms with Crippen LogP contribution in [0, 0.1) is 12.3 Å². The molecule has 3 rings (SSSR count). The van der Waals surface area contributed by atoms with Crippen molar-refractivity contribution < 1.29 is 14.7 Å². The maximum atomic E-state index is 13.0. The van der Waals surface area contributed by atoms with E-state index in [0.717, 1.165) is 21.3 Å². The van der Waals surface area contributed by atoms with Crippen LogP contribution < -0.4 is 10.6 Å². The van der Waals surface area contributed by atoms with Gasteiger partial charge in [-0.2, -0.15) is 0 Å². The van der Waals surface area contributed by atoms with E-state index in [4.69, 9.17) is 0 Å². The summed E-state index contributed by atoms with van der Waals surface area (Å²) in [5.41, 5.74) is 3.13. The third kappa shape index (κ3) is 5.21. The molecular formula is C24H30BrN3O3. The second-order valence-corrected chi connectivity index (χ2v) is 10.2. The van der Waals surface area contributed by atoms with Gasteiger partial charge in [0, 0.05) is 22.3 Å². The number of hydrogen-bond acceptors (Lipinski definition) is 3. The van der Waals surface area contributed by atoms with Gasteiger partial charge in [-0.1, -0.05) is 54.9 Å². The molecule has 0 aliphatic carbocycles. The molecule has 2 amide bonds. The zero-order chi connectivity index (χ0) is 22.9. The van der Waals surface area contributed by atoms with Gasteiger partial charge >= 0.3 is 6.09 Å². The summed E-state index contributed by atoms with van der Waals surface area (Å²) in [6.07, 6.45) is -0.900. The number of carboxylic acid groups (broad SMARTS) is 1. The molecule has 7 heteroatoms. The van der Waals surface area contributed by atoms with Gasteiger partial charge in [-0.15, -0.1) is 0 Å². The van der Waals surface area contributed by atoms with Crippen molar-refractivity contribution in [3.8, 4) is 0 Å². The van der Waals surface area contributed by atoms with Gasteiger partial charge in [-0.3, -0.25) is 4.79 Å². The van der Waals surface area contributed by atoms with Gasteiger partial charge in [0.2, 0.25) is 0 Å². The molecule has 166 valence electrons. The summed E-state index contributed by atoms with van der Waals surface area (Å²) in [6.45, 7) is 10.4. The molecule has 0 aromatic heterocycles. The molecule has 3 unspecified atom stereocenters. The molecule has 0 radical (unpaired) electrons. The van der Waals surface area contributed by atoms with E-state index < -0.39 is 6.09 Å². The number of carbonyl (C=O) groups is 2. The summed E-state index contributed by atoms with van der Waals surface area (Å²) >= 11 is 3.47. The fourth-order valence-electron chi connectivity index (χ4n) is 4.20. The second-order valence-electron chi connectivity index (χ2n) is 9.28. The summed E-state index contributed by atoms with van der Waals surface area (Å²) in [6, 6.07) is 13.3. The van der Waals surface area contributed by atoms with E-state index in [9.17, 15) is 14.7 Å². The third-order valence-electron chi connectivity index (χ3n) is 5.77. The highest BCUT2D eigenvalue weighted by Crippen LogP contribution is 2.36. The van der Waals surface area contributed by atoms with Crippen LogP contribution in [0.3, 0.4) is 0 Å². The van der Waals surface area contributed by atoms with Crippen LogP contribution in [0.25, 0.3) is 0 Å². The number of likely N-dealkylation sites (tertiary alicyclic amines) is 1. The molecule has 0 bridgehead atoms. The Bertz CT molecular complexity index is 986. The number of benzene rings is 2. The van der Waals surface area contributed by atoms with Gasteiger partial charge in [0.05, 0.1) is 18.1 Å². The topological polar surface area (TPSA) is 81.7 Å². The molecule has 1 aliphatic rings. The SMILES string of the molecule is Cc1ccc(NC2CN(C(=O)O)C2C(C)(C)C)cc1C(=O)NC(C)c1cccc(Br)c1. The normalized spacial score (nSPS) is 19.4. The number of hydrogen-bond donors (Lipinski definition) is 3. The van der Waals surface area contributed by atoms with Gasteiger partial charge < -0.3 is 20.6 Å². The van der Waals surface area contributed by atoms with Crippen molar-refractivity contribution in [1.82, 2.24) is 10.2 Å². The molecule has 0 saturated carbocycles. The van der Waals surface area contributed by atoms with Gasteiger partial charge in [-0.05, 0) is 54.7 Å². The number of anilines is 1. The number of nitrogens with zero attached hydrogens (tertiary/aromatic N) is 1. The van der Waals surface area contributed by atoms with Gasteiger partial charge in [0.15, 0.2) is 0 Å². The lowest BCUT2D eigenvalue weighted by Crippen LogP contribution is -2.69. The van der Waals surface area contributed by atoms with E-state index in [1.807, 2.05) is 77.1 Å². The van der Waals surface area contributed by atoms with Crippen molar-refractivity contribution in [1.29, 1.82) is 0 Å². The van der Waals surface area contributed by atoms with E-state index >= 15 is 0 Å². The highest BCUT2D eigenvalue weighted by atomic mass is 79.9. The van der Waals surface area contributed by atoms with Crippen LogP contribution in [0.2, 0.25) is 0 Å². The standard InChI is InChI=1S/C24H30BrN3O3/c1-14-9-10-18(27-20-13-28(23(30)31)21(20)24(3,4)5)12-19(14)22(29)26-15(2)16-7-6-8-17(25)11-16/h6-12,15,20-21,27H,13H2,1-5H3,(H,26,29)(H,30,31). The zero-order valence-electron chi connectivity index (χ0n) is 18.6. The lowest BCUT2D eigenvalue weighted by molar-refractivity contribution is 0.00831. The number of rotatable bonds is 5. The van der Waals surface area contributed by atoms with Crippen molar-refractivity contribution in [2.24, 2.45) is 5.41 Å². The molecular weight excluding hydrogens is 458 g/mol. The van der Waals surface area contributed by atoms with E-state index in [0.29, 0.717) is 12.1 Å². The van der Waals surface area contributed by atoms with Crippen molar-refractivity contribution in [2.45, 2.75) is 52.7 Å². The maximum Gasteiger partial charge on any atom is 0.407 e. The summed E-state index contributed by atoms with van der Waals surface area (Å²) in [7, 11) is 0. The number of halogens is 1. The highest BCUT2D eigenvalue weighted by Gasteiger charge is 2.48. The fourth-order valence-corrected chi connectivity index (χ4v) is 4.62. The Kier molecular flexibility index (Phi) is 6.65. The minimum atomic E-state index is -0.900. The average molecular weight is 488 g/mol. The van der Waals surface area contributed by atoms with Crippen molar-refractivity contribution in [3.63, 3.8) is 0 Å². The first-order valence-corrected chi connectivity index (χ1v) is 11.2. The molecule has 2 aromatic rings. The van der Waals surface area contributed by atoms with Gasteiger partial charge in [0.1, 0.15) is 0 Å². The summed E-state index contributed by atoms with van der Waals surface area (Å²) < 4.78 is 0.970. The fraction of sp³-hybridized carbons (Fsp3) is 0.417. The predicted octanol–water partition coefficient (Wildman–Crippen LogP) is 5.44. The van der Waals surface area contributed by atoms with Crippen molar-refractivity contribution in [3.05, 3.63) is 63.6 Å². The Morgan fingerprint density at radius 1 is 1.19 bits per heavy atom. The number of carbonyl (C=O) groups excluding carboxylic acids is 1. The molecule has 2 aromatic carbocycles. The van der Waals surface area contributed by atoms with E-state index in [2.05, 4.69) is 26.6 Å². The van der Waals surface area contributed by atoms with Crippen molar-refractivity contribution in [2.75, 3.05) is 11.9 Å². The number of nitrogens with one attached hydrogen (secondary N) is 2. The van der Waals surface area contributed by atoms with Gasteiger partial charge in [0.25, 0.3) is 5.91 Å². The Labute approximate surface area is 192 Å². The smallest absolute Gasteiger partial charge is 0.407 e. The highest BCUT2D eigenvalue weighted by molar-refractivity contribution is 9.10. The largest absolute Gasteiger partial charge is 0.465 e. The number of amides is 2. The Morgan fingerprint density at radius 2 is 1.90 bits per heavy atom. The average Bonchev–Trinajstić information content (AvgIpc) is 2.64. The minimum absolute atomic E-state index is 0.00434. The van der Waals surface area contributed by atoms with Crippen LogP contribution in [0.15, 0.2) is 46.9 Å². The Morgan fingerprint density at radius 3 is 2.52 bits per heavy atom. The Balaban J connectivity index is 1.74. The second kappa shape index (κ2) is 8.91. The van der Waals surface area contributed by atoms with Crippen LogP contribution >= 0.6 is 15.9 Å². The first kappa shape index (κ1) is 23.1. The molecule has 3 N–H and O–H groups in total. The number of aryl methyl sites for hydroxylation is 1. The summed E-state index contributed by atoms with van der Waals surface area (Å²) in [4.78, 5) is 26.0. The van der Waals surface area contributed by atoms with Crippen LogP contribution in [-0.4, -0.2) is 40.6 Å². The summed E-state index contributed by atoms with van der Waals surface area (Å²) in [5, 5.41) is 16.0. The molecule has 3 atom stereocenters. The quantitative estimate of drug-likeness (QED) is 0.524. The first-order valence-electron chi connectivity index (χ1n) is 10.4. The lowest BCUT2D eigenvalue weighted by atomic mass is 9.76. The summed E-state index contributed by atoms with van der Waals surface area (Å²) in [5.74, 6) is -0.137. The van der Waals surface area contributed by atoms with Crippen LogP contribution in [-0.2, 0) is 0 Å². The molecule has 1 saturated heterocycles.